The molecule has 0 amide bonds. The molecule has 2 aromatic heterocycles. The Morgan fingerprint density at radius 3 is 3.17 bits per heavy atom. The zero-order valence-corrected chi connectivity index (χ0v) is 7.79. The van der Waals surface area contributed by atoms with Gasteiger partial charge in [-0.1, -0.05) is 0 Å². The summed E-state index contributed by atoms with van der Waals surface area (Å²) < 4.78 is 0. The van der Waals surface area contributed by atoms with Crippen LogP contribution in [0.15, 0.2) is 10.9 Å². The van der Waals surface area contributed by atoms with E-state index in [1.165, 1.54) is 11.3 Å². The highest BCUT2D eigenvalue weighted by molar-refractivity contribution is 7.18. The number of rotatable bonds is 0. The summed E-state index contributed by atoms with van der Waals surface area (Å²) in [6.45, 7) is 1.93. The molecule has 1 N–H and O–H groups in total. The number of thiophene rings is 1. The molecule has 0 aliphatic rings. The van der Waals surface area contributed by atoms with Crippen molar-refractivity contribution in [1.29, 1.82) is 0 Å². The number of halogens is 1. The van der Waals surface area contributed by atoms with Crippen molar-refractivity contribution in [1.82, 2.24) is 9.97 Å². The third kappa shape index (κ3) is 1.13. The van der Waals surface area contributed by atoms with Crippen molar-refractivity contribution in [3.8, 4) is 0 Å². The van der Waals surface area contributed by atoms with Gasteiger partial charge in [0.1, 0.15) is 4.83 Å². The van der Waals surface area contributed by atoms with Gasteiger partial charge in [-0.05, 0) is 24.6 Å². The minimum Gasteiger partial charge on any atom is -0.297 e. The molecule has 0 spiro atoms. The standard InChI is InChI=1S/C7H5ClN2OS/c1-3-2-4-5(11)9-7(8)10-6(4)12-3/h2H,1H3,(H,9,10,11). The van der Waals surface area contributed by atoms with Crippen LogP contribution in [-0.4, -0.2) is 9.97 Å². The first-order valence-electron chi connectivity index (χ1n) is 3.33. The fourth-order valence-corrected chi connectivity index (χ4v) is 2.13. The molecule has 0 bridgehead atoms. The number of nitrogens with zero attached hydrogens (tertiary/aromatic N) is 1. The number of fused-ring (bicyclic) bond motifs is 1. The van der Waals surface area contributed by atoms with Crippen LogP contribution in [0.1, 0.15) is 4.88 Å². The monoisotopic (exact) mass is 200 g/mol. The Kier molecular flexibility index (Phi) is 1.66. The lowest BCUT2D eigenvalue weighted by Crippen LogP contribution is -2.05. The first-order chi connectivity index (χ1) is 5.66. The van der Waals surface area contributed by atoms with E-state index in [2.05, 4.69) is 9.97 Å². The predicted octanol–water partition coefficient (Wildman–Crippen LogP) is 1.95. The number of aryl methyl sites for hydroxylation is 1. The van der Waals surface area contributed by atoms with Crippen LogP contribution in [0.3, 0.4) is 0 Å². The number of hydrogen-bond acceptors (Lipinski definition) is 3. The van der Waals surface area contributed by atoms with Crippen molar-refractivity contribution in [2.24, 2.45) is 0 Å². The molecule has 62 valence electrons. The highest BCUT2D eigenvalue weighted by Gasteiger charge is 2.04. The fraction of sp³-hybridized carbons (Fsp3) is 0.143. The molecular formula is C7H5ClN2OS. The maximum absolute atomic E-state index is 11.2. The van der Waals surface area contributed by atoms with Gasteiger partial charge in [0.2, 0.25) is 5.28 Å². The summed E-state index contributed by atoms with van der Waals surface area (Å²) in [7, 11) is 0. The van der Waals surface area contributed by atoms with E-state index < -0.39 is 0 Å². The Morgan fingerprint density at radius 2 is 2.42 bits per heavy atom. The van der Waals surface area contributed by atoms with Crippen LogP contribution in [-0.2, 0) is 0 Å². The van der Waals surface area contributed by atoms with Crippen LogP contribution in [0.2, 0.25) is 5.28 Å². The summed E-state index contributed by atoms with van der Waals surface area (Å²) in [5.41, 5.74) is -0.172. The smallest absolute Gasteiger partial charge is 0.260 e. The Morgan fingerprint density at radius 1 is 1.67 bits per heavy atom. The minimum absolute atomic E-state index is 0.148. The van der Waals surface area contributed by atoms with Crippen molar-refractivity contribution in [3.63, 3.8) is 0 Å². The van der Waals surface area contributed by atoms with E-state index in [0.717, 1.165) is 4.88 Å². The zero-order valence-electron chi connectivity index (χ0n) is 6.22. The summed E-state index contributed by atoms with van der Waals surface area (Å²) in [5, 5.41) is 0.760. The van der Waals surface area contributed by atoms with Crippen molar-refractivity contribution in [2.75, 3.05) is 0 Å². The average molecular weight is 201 g/mol. The maximum Gasteiger partial charge on any atom is 0.260 e. The van der Waals surface area contributed by atoms with Crippen LogP contribution in [0, 0.1) is 6.92 Å². The minimum atomic E-state index is -0.172. The molecule has 2 aromatic rings. The average Bonchev–Trinajstić information content (AvgIpc) is 2.29. The van der Waals surface area contributed by atoms with Crippen LogP contribution >= 0.6 is 22.9 Å². The molecule has 3 nitrogen and oxygen atoms in total. The van der Waals surface area contributed by atoms with E-state index in [1.54, 1.807) is 0 Å². The first-order valence-corrected chi connectivity index (χ1v) is 4.52. The highest BCUT2D eigenvalue weighted by Crippen LogP contribution is 2.20. The molecule has 0 aliphatic heterocycles. The van der Waals surface area contributed by atoms with Gasteiger partial charge >= 0.3 is 0 Å². The van der Waals surface area contributed by atoms with Gasteiger partial charge in [-0.3, -0.25) is 9.78 Å². The normalized spacial score (nSPS) is 10.8. The van der Waals surface area contributed by atoms with Crippen molar-refractivity contribution in [2.45, 2.75) is 6.92 Å². The number of nitrogens with one attached hydrogen (secondary N) is 1. The van der Waals surface area contributed by atoms with Gasteiger partial charge in [-0.15, -0.1) is 11.3 Å². The van der Waals surface area contributed by atoms with E-state index in [4.69, 9.17) is 11.6 Å². The second-order valence-corrected chi connectivity index (χ2v) is 4.03. The first kappa shape index (κ1) is 7.76. The summed E-state index contributed by atoms with van der Waals surface area (Å²) in [4.78, 5) is 19.4. The lowest BCUT2D eigenvalue weighted by Gasteiger charge is -1.87. The molecule has 0 aliphatic carbocycles. The number of aromatic amines is 1. The van der Waals surface area contributed by atoms with Crippen LogP contribution < -0.4 is 5.56 Å². The lowest BCUT2D eigenvalue weighted by atomic mass is 10.4. The predicted molar refractivity (Wildman–Crippen MR) is 50.0 cm³/mol. The molecule has 0 radical (unpaired) electrons. The quantitative estimate of drug-likeness (QED) is 0.661. The van der Waals surface area contributed by atoms with Gasteiger partial charge in [-0.2, -0.15) is 0 Å². The van der Waals surface area contributed by atoms with Gasteiger partial charge in [0.05, 0.1) is 5.39 Å². The Labute approximate surface area is 77.0 Å². The molecule has 0 saturated heterocycles. The Bertz CT molecular complexity index is 488. The summed E-state index contributed by atoms with van der Waals surface area (Å²) in [5.74, 6) is 0. The molecule has 0 aromatic carbocycles. The Hall–Kier alpha value is -0.870. The van der Waals surface area contributed by atoms with Crippen molar-refractivity contribution >= 4 is 33.2 Å². The van der Waals surface area contributed by atoms with Gasteiger partial charge in [0.25, 0.3) is 5.56 Å². The number of aromatic nitrogens is 2. The van der Waals surface area contributed by atoms with E-state index in [9.17, 15) is 4.79 Å². The topological polar surface area (TPSA) is 45.8 Å². The molecule has 0 fully saturated rings. The summed E-state index contributed by atoms with van der Waals surface area (Å²) >= 11 is 7.04. The molecule has 0 saturated carbocycles. The molecule has 12 heavy (non-hydrogen) atoms. The largest absolute Gasteiger partial charge is 0.297 e. The fourth-order valence-electron chi connectivity index (χ4n) is 1.03. The van der Waals surface area contributed by atoms with E-state index in [0.29, 0.717) is 10.2 Å². The summed E-state index contributed by atoms with van der Waals surface area (Å²) in [6.07, 6.45) is 0. The SMILES string of the molecule is Cc1cc2c(=O)[nH]c(Cl)nc2s1. The van der Waals surface area contributed by atoms with E-state index in [-0.39, 0.29) is 10.8 Å². The van der Waals surface area contributed by atoms with Crippen LogP contribution in [0.25, 0.3) is 10.2 Å². The molecular weight excluding hydrogens is 196 g/mol. The molecule has 5 heteroatoms. The van der Waals surface area contributed by atoms with Crippen LogP contribution in [0.5, 0.6) is 0 Å². The van der Waals surface area contributed by atoms with E-state index >= 15 is 0 Å². The number of hydrogen-bond donors (Lipinski definition) is 1. The maximum atomic E-state index is 11.2. The van der Waals surface area contributed by atoms with Crippen molar-refractivity contribution < 1.29 is 0 Å². The van der Waals surface area contributed by atoms with Gasteiger partial charge in [0.15, 0.2) is 0 Å². The third-order valence-corrected chi connectivity index (χ3v) is 2.62. The second kappa shape index (κ2) is 2.57. The van der Waals surface area contributed by atoms with Crippen molar-refractivity contribution in [3.05, 3.63) is 26.6 Å². The van der Waals surface area contributed by atoms with Crippen LogP contribution in [0.4, 0.5) is 0 Å². The van der Waals surface area contributed by atoms with Gasteiger partial charge < -0.3 is 0 Å². The van der Waals surface area contributed by atoms with E-state index in [1.807, 2.05) is 13.0 Å². The van der Waals surface area contributed by atoms with Gasteiger partial charge in [0, 0.05) is 4.88 Å². The molecule has 2 rings (SSSR count). The molecule has 0 atom stereocenters. The zero-order chi connectivity index (χ0) is 8.72. The summed E-state index contributed by atoms with van der Waals surface area (Å²) in [6, 6.07) is 1.81. The Balaban J connectivity index is 2.98. The number of H-pyrrole nitrogens is 1. The molecule has 2 heterocycles. The lowest BCUT2D eigenvalue weighted by molar-refractivity contribution is 1.18. The second-order valence-electron chi connectivity index (χ2n) is 2.43. The third-order valence-electron chi connectivity index (χ3n) is 1.50. The highest BCUT2D eigenvalue weighted by atomic mass is 35.5. The molecule has 0 unspecified atom stereocenters. The van der Waals surface area contributed by atoms with Gasteiger partial charge in [-0.25, -0.2) is 4.98 Å².